The van der Waals surface area contributed by atoms with E-state index in [0.717, 1.165) is 0 Å². The summed E-state index contributed by atoms with van der Waals surface area (Å²) in [4.78, 5) is 31.0. The standard InChI is InChI=1S/C64H103N3O26/c1-35-18-16-14-12-10-8-6-7-9-11-13-15-17-19-42(90-61-55(80)51(53(78)38(4)89-61)65-34-64(86)59(83)58(46(75)33-87-64)92-62-57(82)56(81)54(79)48(32-68)91-62)29-47-50(60(84)67-24-22-66(5)23-25-67)45(74)31-63(85,93-47)30-41(71)27-44(73)43(72)21-20-39(69)26-40(70)28-49(76)88-37(3)36(2)52(35)77/h6-19,35-48,50-59,61-62,65,68-75,77-83,85-86H,20-34H2,1-5H3/b7-6+,10-8+,11-9+,14-12+,15-13+,18-16+,19-17+/t35-,36?,37-,38+,39+,40+,41-,42-,43+,44+,45-,46+,47?,48+,50?,51-,52+,53+,54+,55-,56-,57+,58+,59-,61-,62?,63+,64+/m0/s1. The number of hydrogen-bond acceptors (Lipinski definition) is 28. The number of carbonyl (C=O) groups excluding carboxylic acids is 2. The minimum atomic E-state index is -2.67. The summed E-state index contributed by atoms with van der Waals surface area (Å²) in [6.45, 7) is 5.89. The third kappa shape index (κ3) is 22.3. The fourth-order valence-electron chi connectivity index (χ4n) is 12.2. The number of cyclic esters (lactones) is 1. The van der Waals surface area contributed by atoms with Crippen LogP contribution in [0.4, 0.5) is 0 Å². The van der Waals surface area contributed by atoms with Crippen LogP contribution in [0.5, 0.6) is 0 Å². The fraction of sp³-hybridized carbons (Fsp3) is 0.750. The topological polar surface area (TPSA) is 461 Å². The highest BCUT2D eigenvalue weighted by atomic mass is 16.7. The van der Waals surface area contributed by atoms with Gasteiger partial charge in [-0.15, -0.1) is 0 Å². The van der Waals surface area contributed by atoms with E-state index in [-0.39, 0.29) is 44.7 Å². The lowest BCUT2D eigenvalue weighted by Gasteiger charge is -2.48. The van der Waals surface area contributed by atoms with Gasteiger partial charge in [-0.2, -0.15) is 0 Å². The van der Waals surface area contributed by atoms with E-state index in [2.05, 4.69) is 5.32 Å². The number of hydrogen-bond donors (Lipinski definition) is 18. The van der Waals surface area contributed by atoms with E-state index in [1.54, 1.807) is 97.7 Å². The lowest BCUT2D eigenvalue weighted by molar-refractivity contribution is -0.368. The monoisotopic (exact) mass is 1330 g/mol. The van der Waals surface area contributed by atoms with Crippen LogP contribution in [0.3, 0.4) is 0 Å². The van der Waals surface area contributed by atoms with Crippen molar-refractivity contribution in [3.8, 4) is 0 Å². The summed E-state index contributed by atoms with van der Waals surface area (Å²) in [6.07, 6.45) is -13.2. The Kier molecular flexibility index (Phi) is 30.8. The maximum Gasteiger partial charge on any atom is 0.308 e. The molecule has 0 aliphatic carbocycles. The molecule has 2 bridgehead atoms. The SMILES string of the molecule is CC1[C@H](C)OC(=O)C[C@H](O)C[C@H](O)CC[C@@H](O)[C@H](O)C[C@H](O)C[C@]2(O)C[C@H](O)C(C(=O)N3CCN(C)CC3)C(C[C@@H](O[C@@H]3O[C@H](C)[C@@H](O)[C@H](NC[C@@]4(O)OC[C@@H](O)[C@@H](OC5O[C@H](CO)[C@@H](O)[C@H](O)[C@H]5O)[C@@H]4O)[C@@H]3O)/C=C/C=C/C=C/C=C/C=C/C=C/C=C/[C@H](C)[C@H]1O)O2. The molecule has 1 amide bonds. The summed E-state index contributed by atoms with van der Waals surface area (Å²) < 4.78 is 40.9. The molecule has 5 saturated heterocycles. The number of nitrogens with zero attached hydrogens (tertiary/aromatic N) is 2. The number of nitrogens with one attached hydrogen (secondary N) is 1. The Morgan fingerprint density at radius 2 is 1.22 bits per heavy atom. The molecule has 0 radical (unpaired) electrons. The number of esters is 1. The number of rotatable bonds is 9. The molecule has 5 fully saturated rings. The second-order valence-corrected chi connectivity index (χ2v) is 25.7. The highest BCUT2D eigenvalue weighted by Crippen LogP contribution is 2.40. The third-order valence-corrected chi connectivity index (χ3v) is 18.2. The number of piperazine rings is 1. The van der Waals surface area contributed by atoms with Gasteiger partial charge in [-0.05, 0) is 40.2 Å². The lowest BCUT2D eigenvalue weighted by atomic mass is 9.81. The van der Waals surface area contributed by atoms with Crippen molar-refractivity contribution in [2.75, 3.05) is 53.0 Å². The molecular formula is C64H103N3O26. The van der Waals surface area contributed by atoms with Crippen LogP contribution >= 0.6 is 0 Å². The fourth-order valence-corrected chi connectivity index (χ4v) is 12.2. The second kappa shape index (κ2) is 36.6. The number of allylic oxidation sites excluding steroid dienone is 12. The molecule has 6 rings (SSSR count). The predicted octanol–water partition coefficient (Wildman–Crippen LogP) is -4.34. The zero-order valence-corrected chi connectivity index (χ0v) is 53.4. The summed E-state index contributed by atoms with van der Waals surface area (Å²) in [5.74, 6) is -8.52. The Morgan fingerprint density at radius 3 is 1.84 bits per heavy atom. The summed E-state index contributed by atoms with van der Waals surface area (Å²) in [7, 11) is 1.89. The maximum atomic E-state index is 14.6. The van der Waals surface area contributed by atoms with E-state index in [4.69, 9.17) is 33.2 Å². The first-order chi connectivity index (χ1) is 44.0. The molecule has 4 unspecified atom stereocenters. The Labute approximate surface area is 542 Å². The first-order valence-corrected chi connectivity index (χ1v) is 32.1. The molecule has 18 N–H and O–H groups in total. The summed E-state index contributed by atoms with van der Waals surface area (Å²) in [6, 6.07) is -1.46. The van der Waals surface area contributed by atoms with Crippen LogP contribution in [0.2, 0.25) is 0 Å². The first-order valence-electron chi connectivity index (χ1n) is 32.1. The average Bonchev–Trinajstić information content (AvgIpc) is 0.812. The van der Waals surface area contributed by atoms with E-state index in [1.165, 1.54) is 13.0 Å². The van der Waals surface area contributed by atoms with Gasteiger partial charge in [0.05, 0.1) is 105 Å². The number of fused-ring (bicyclic) bond motifs is 2. The molecule has 0 saturated carbocycles. The van der Waals surface area contributed by atoms with Crippen molar-refractivity contribution >= 4 is 11.9 Å². The Bertz CT molecular complexity index is 2500. The van der Waals surface area contributed by atoms with Crippen LogP contribution in [0, 0.1) is 17.8 Å². The van der Waals surface area contributed by atoms with Crippen molar-refractivity contribution in [1.29, 1.82) is 0 Å². The van der Waals surface area contributed by atoms with Crippen molar-refractivity contribution in [2.24, 2.45) is 17.8 Å². The number of aliphatic hydroxyl groups excluding tert-OH is 15. The number of carbonyl (C=O) groups is 2. The van der Waals surface area contributed by atoms with Gasteiger partial charge in [-0.1, -0.05) is 98.9 Å². The summed E-state index contributed by atoms with van der Waals surface area (Å²) in [5, 5.41) is 191. The Morgan fingerprint density at radius 1 is 0.613 bits per heavy atom. The van der Waals surface area contributed by atoms with Gasteiger partial charge in [-0.25, -0.2) is 0 Å². The predicted molar refractivity (Wildman–Crippen MR) is 329 cm³/mol. The molecule has 6 aliphatic heterocycles. The molecule has 0 aromatic carbocycles. The van der Waals surface area contributed by atoms with Gasteiger partial charge in [0.1, 0.15) is 54.9 Å². The molecule has 29 nitrogen and oxygen atoms in total. The number of amides is 1. The highest BCUT2D eigenvalue weighted by Gasteiger charge is 2.56. The van der Waals surface area contributed by atoms with Crippen LogP contribution in [-0.4, -0.2) is 314 Å². The van der Waals surface area contributed by atoms with E-state index < -0.39 is 221 Å². The molecule has 28 atom stereocenters. The van der Waals surface area contributed by atoms with Gasteiger partial charge in [0, 0.05) is 63.7 Å². The van der Waals surface area contributed by atoms with Crippen LogP contribution in [-0.2, 0) is 42.7 Å². The van der Waals surface area contributed by atoms with E-state index in [1.807, 2.05) is 18.9 Å². The maximum absolute atomic E-state index is 14.6. The zero-order chi connectivity index (χ0) is 68.5. The van der Waals surface area contributed by atoms with Crippen molar-refractivity contribution in [2.45, 2.75) is 231 Å². The Balaban J connectivity index is 1.26. The average molecular weight is 1330 g/mol. The van der Waals surface area contributed by atoms with Crippen LogP contribution < -0.4 is 5.32 Å². The molecule has 530 valence electrons. The molecule has 0 aromatic rings. The number of ether oxygens (including phenoxy) is 7. The van der Waals surface area contributed by atoms with Crippen LogP contribution in [0.1, 0.15) is 79.1 Å². The van der Waals surface area contributed by atoms with E-state index >= 15 is 0 Å². The van der Waals surface area contributed by atoms with Gasteiger partial charge < -0.3 is 135 Å². The molecule has 0 spiro atoms. The van der Waals surface area contributed by atoms with Gasteiger partial charge in [0.25, 0.3) is 0 Å². The van der Waals surface area contributed by atoms with Crippen molar-refractivity contribution < 1.29 is 130 Å². The minimum Gasteiger partial charge on any atom is -0.462 e. The molecule has 93 heavy (non-hydrogen) atoms. The largest absolute Gasteiger partial charge is 0.462 e. The van der Waals surface area contributed by atoms with Gasteiger partial charge in [0.15, 0.2) is 18.4 Å². The quantitative estimate of drug-likeness (QED) is 0.0971. The van der Waals surface area contributed by atoms with Gasteiger partial charge in [0.2, 0.25) is 11.7 Å². The van der Waals surface area contributed by atoms with Gasteiger partial charge >= 0.3 is 5.97 Å². The van der Waals surface area contributed by atoms with Crippen molar-refractivity contribution in [3.63, 3.8) is 0 Å². The number of likely N-dealkylation sites (N-methyl/N-ethyl adjacent to an activating group) is 1. The van der Waals surface area contributed by atoms with Crippen molar-refractivity contribution in [1.82, 2.24) is 15.1 Å². The Hall–Kier alpha value is -3.88. The van der Waals surface area contributed by atoms with E-state index in [0.29, 0.717) is 13.1 Å². The minimum absolute atomic E-state index is 0.148. The van der Waals surface area contributed by atoms with E-state index in [9.17, 15) is 96.4 Å². The molecule has 6 aliphatic rings. The summed E-state index contributed by atoms with van der Waals surface area (Å²) >= 11 is 0. The highest BCUT2D eigenvalue weighted by molar-refractivity contribution is 5.80. The zero-order valence-electron chi connectivity index (χ0n) is 53.4. The third-order valence-electron chi connectivity index (χ3n) is 18.2. The smallest absolute Gasteiger partial charge is 0.308 e. The molecule has 6 heterocycles. The molecular weight excluding hydrogens is 1230 g/mol. The summed E-state index contributed by atoms with van der Waals surface area (Å²) in [5.41, 5.74) is 0. The lowest BCUT2D eigenvalue weighted by Crippen LogP contribution is -2.70. The van der Waals surface area contributed by atoms with Gasteiger partial charge in [-0.3, -0.25) is 9.59 Å². The second-order valence-electron chi connectivity index (χ2n) is 25.7. The normalized spacial score (nSPS) is 46.6. The van der Waals surface area contributed by atoms with Crippen molar-refractivity contribution in [3.05, 3.63) is 85.1 Å². The first kappa shape index (κ1) is 78.1. The molecule has 29 heteroatoms. The molecule has 0 aromatic heterocycles. The van der Waals surface area contributed by atoms with Crippen LogP contribution in [0.15, 0.2) is 85.1 Å². The number of aliphatic hydroxyl groups is 17. The van der Waals surface area contributed by atoms with Crippen LogP contribution in [0.25, 0.3) is 0 Å².